The van der Waals surface area contributed by atoms with E-state index in [9.17, 15) is 0 Å². The van der Waals surface area contributed by atoms with Gasteiger partial charge in [-0.15, -0.1) is 0 Å². The molecule has 0 unspecified atom stereocenters. The van der Waals surface area contributed by atoms with Crippen molar-refractivity contribution in [3.05, 3.63) is 114 Å². The molecule has 6 rings (SSSR count). The van der Waals surface area contributed by atoms with Gasteiger partial charge in [0.2, 0.25) is 5.79 Å². The number of hydrogen-bond donors (Lipinski definition) is 0. The zero-order valence-corrected chi connectivity index (χ0v) is 14.6. The second-order valence-electron chi connectivity index (χ2n) is 6.96. The van der Waals surface area contributed by atoms with Gasteiger partial charge in [-0.05, 0) is 22.9 Å². The highest BCUT2D eigenvalue weighted by atomic mass is 16.9. The quantitative estimate of drug-likeness (QED) is 0.474. The number of rotatable bonds is 2. The zero-order valence-electron chi connectivity index (χ0n) is 14.6. The minimum absolute atomic E-state index is 0.300. The maximum Gasteiger partial charge on any atom is 0.249 e. The average Bonchev–Trinajstić information content (AvgIpc) is 3.11. The number of hydroxylamine groups is 1. The van der Waals surface area contributed by atoms with E-state index in [4.69, 9.17) is 9.57 Å². The fraction of sp³-hybridized carbons (Fsp3) is 0.0833. The molecule has 130 valence electrons. The molecular weight excluding hydrogens is 334 g/mol. The van der Waals surface area contributed by atoms with Crippen LogP contribution in [0, 0.1) is 0 Å². The standard InChI is InChI=1S/C24H17NO2/c1-3-11-18(12-4-1)24-21-16-8-10-17-9-7-15-20(22(17)21)23(26-24)25(27-24)19-13-5-2-6-14-19/h1-16,23H/t23-,24-/m1/s1. The van der Waals surface area contributed by atoms with Crippen LogP contribution in [-0.4, -0.2) is 0 Å². The van der Waals surface area contributed by atoms with Crippen LogP contribution in [0.5, 0.6) is 0 Å². The van der Waals surface area contributed by atoms with Crippen molar-refractivity contribution in [1.82, 2.24) is 0 Å². The topological polar surface area (TPSA) is 21.7 Å². The van der Waals surface area contributed by atoms with Crippen LogP contribution < -0.4 is 5.06 Å². The minimum atomic E-state index is -0.949. The lowest BCUT2D eigenvalue weighted by atomic mass is 9.88. The van der Waals surface area contributed by atoms with Crippen LogP contribution in [0.4, 0.5) is 5.69 Å². The predicted octanol–water partition coefficient (Wildman–Crippen LogP) is 5.52. The summed E-state index contributed by atoms with van der Waals surface area (Å²) in [5, 5.41) is 4.33. The first-order chi connectivity index (χ1) is 13.4. The van der Waals surface area contributed by atoms with E-state index in [1.54, 1.807) is 0 Å². The molecule has 2 aliphatic rings. The Hall–Kier alpha value is -3.14. The van der Waals surface area contributed by atoms with Crippen LogP contribution in [0.3, 0.4) is 0 Å². The van der Waals surface area contributed by atoms with Crippen LogP contribution in [0.2, 0.25) is 0 Å². The van der Waals surface area contributed by atoms with Crippen molar-refractivity contribution in [3.63, 3.8) is 0 Å². The lowest BCUT2D eigenvalue weighted by Gasteiger charge is -2.31. The van der Waals surface area contributed by atoms with Gasteiger partial charge in [0, 0.05) is 16.7 Å². The lowest BCUT2D eigenvalue weighted by molar-refractivity contribution is -0.147. The number of nitrogens with zero attached hydrogens (tertiary/aromatic N) is 1. The van der Waals surface area contributed by atoms with Gasteiger partial charge in [0.05, 0.1) is 5.69 Å². The Morgan fingerprint density at radius 1 is 0.704 bits per heavy atom. The number of para-hydroxylation sites is 1. The zero-order chi connectivity index (χ0) is 17.8. The number of hydrogen-bond acceptors (Lipinski definition) is 3. The Morgan fingerprint density at radius 3 is 2.19 bits per heavy atom. The third-order valence-corrected chi connectivity index (χ3v) is 5.44. The second-order valence-corrected chi connectivity index (χ2v) is 6.96. The molecule has 3 nitrogen and oxygen atoms in total. The van der Waals surface area contributed by atoms with Gasteiger partial charge in [-0.3, -0.25) is 0 Å². The van der Waals surface area contributed by atoms with Gasteiger partial charge in [0.1, 0.15) is 0 Å². The van der Waals surface area contributed by atoms with Crippen LogP contribution >= 0.6 is 0 Å². The number of ether oxygens (including phenoxy) is 1. The third-order valence-electron chi connectivity index (χ3n) is 5.44. The monoisotopic (exact) mass is 351 g/mol. The van der Waals surface area contributed by atoms with Gasteiger partial charge in [-0.1, -0.05) is 84.9 Å². The van der Waals surface area contributed by atoms with E-state index in [1.165, 1.54) is 10.8 Å². The molecule has 0 aromatic heterocycles. The fourth-order valence-corrected chi connectivity index (χ4v) is 4.26. The number of benzene rings is 4. The first-order valence-corrected chi connectivity index (χ1v) is 9.16. The Bertz CT molecular complexity index is 1140. The van der Waals surface area contributed by atoms with Crippen LogP contribution in [0.1, 0.15) is 22.9 Å². The van der Waals surface area contributed by atoms with Gasteiger partial charge >= 0.3 is 0 Å². The molecule has 0 spiro atoms. The maximum absolute atomic E-state index is 6.66. The molecule has 2 heterocycles. The van der Waals surface area contributed by atoms with Crippen molar-refractivity contribution >= 4 is 16.5 Å². The van der Waals surface area contributed by atoms with Gasteiger partial charge in [0.15, 0.2) is 6.23 Å². The Balaban J connectivity index is 1.67. The molecule has 2 aliphatic heterocycles. The molecule has 0 amide bonds. The molecule has 2 atom stereocenters. The summed E-state index contributed by atoms with van der Waals surface area (Å²) in [6.45, 7) is 0. The van der Waals surface area contributed by atoms with Gasteiger partial charge in [0.25, 0.3) is 0 Å². The maximum atomic E-state index is 6.66. The van der Waals surface area contributed by atoms with E-state index in [2.05, 4.69) is 48.5 Å². The van der Waals surface area contributed by atoms with Crippen LogP contribution in [-0.2, 0) is 15.4 Å². The lowest BCUT2D eigenvalue weighted by Crippen LogP contribution is -2.31. The summed E-state index contributed by atoms with van der Waals surface area (Å²) in [7, 11) is 0. The Kier molecular flexibility index (Phi) is 3.01. The van der Waals surface area contributed by atoms with E-state index >= 15 is 0 Å². The van der Waals surface area contributed by atoms with Crippen molar-refractivity contribution < 1.29 is 9.57 Å². The van der Waals surface area contributed by atoms with Crippen molar-refractivity contribution in [1.29, 1.82) is 0 Å². The smallest absolute Gasteiger partial charge is 0.249 e. The molecule has 0 radical (unpaired) electrons. The summed E-state index contributed by atoms with van der Waals surface area (Å²) < 4.78 is 6.66. The predicted molar refractivity (Wildman–Crippen MR) is 105 cm³/mol. The fourth-order valence-electron chi connectivity index (χ4n) is 4.26. The highest BCUT2D eigenvalue weighted by molar-refractivity contribution is 5.91. The van der Waals surface area contributed by atoms with E-state index in [1.807, 2.05) is 53.6 Å². The largest absolute Gasteiger partial charge is 0.310 e. The molecule has 2 bridgehead atoms. The van der Waals surface area contributed by atoms with E-state index in [0.717, 1.165) is 22.4 Å². The van der Waals surface area contributed by atoms with Crippen molar-refractivity contribution in [2.75, 3.05) is 5.06 Å². The van der Waals surface area contributed by atoms with Crippen molar-refractivity contribution in [2.24, 2.45) is 0 Å². The summed E-state index contributed by atoms with van der Waals surface area (Å²) in [6, 6.07) is 33.1. The molecule has 4 aromatic carbocycles. The summed E-state index contributed by atoms with van der Waals surface area (Å²) in [6.07, 6.45) is -0.300. The van der Waals surface area contributed by atoms with Gasteiger partial charge in [-0.25, -0.2) is 9.90 Å². The number of fused-ring (bicyclic) bond motifs is 4. The number of anilines is 1. The third kappa shape index (κ3) is 1.98. The summed E-state index contributed by atoms with van der Waals surface area (Å²) in [4.78, 5) is 6.63. The van der Waals surface area contributed by atoms with E-state index in [0.29, 0.717) is 0 Å². The Morgan fingerprint density at radius 2 is 1.41 bits per heavy atom. The summed E-state index contributed by atoms with van der Waals surface area (Å²) >= 11 is 0. The van der Waals surface area contributed by atoms with Gasteiger partial charge < -0.3 is 4.74 Å². The van der Waals surface area contributed by atoms with Crippen LogP contribution in [0.15, 0.2) is 97.1 Å². The van der Waals surface area contributed by atoms with Gasteiger partial charge in [-0.2, -0.15) is 0 Å². The molecular formula is C24H17NO2. The average molecular weight is 351 g/mol. The first kappa shape index (κ1) is 15.0. The van der Waals surface area contributed by atoms with E-state index < -0.39 is 5.79 Å². The molecule has 0 N–H and O–H groups in total. The molecule has 27 heavy (non-hydrogen) atoms. The molecule has 0 saturated carbocycles. The molecule has 1 fully saturated rings. The highest BCUT2D eigenvalue weighted by Gasteiger charge is 2.54. The first-order valence-electron chi connectivity index (χ1n) is 9.16. The van der Waals surface area contributed by atoms with Crippen molar-refractivity contribution in [2.45, 2.75) is 12.0 Å². The highest BCUT2D eigenvalue weighted by Crippen LogP contribution is 2.55. The SMILES string of the molecule is c1ccc(N2O[C@@]3(c4ccccc4)O[C@@H]2c2cccc4cccc3c24)cc1. The second kappa shape index (κ2) is 5.43. The Labute approximate surface area is 157 Å². The molecule has 0 aliphatic carbocycles. The molecule has 1 saturated heterocycles. The van der Waals surface area contributed by atoms with Crippen LogP contribution in [0.25, 0.3) is 10.8 Å². The minimum Gasteiger partial charge on any atom is -0.310 e. The summed E-state index contributed by atoms with van der Waals surface area (Å²) in [5.41, 5.74) is 4.16. The molecule has 3 heteroatoms. The summed E-state index contributed by atoms with van der Waals surface area (Å²) in [5.74, 6) is -0.949. The van der Waals surface area contributed by atoms with Crippen molar-refractivity contribution in [3.8, 4) is 0 Å². The molecule has 4 aromatic rings. The van der Waals surface area contributed by atoms with E-state index in [-0.39, 0.29) is 6.23 Å². The normalized spacial score (nSPS) is 23.0.